The molecular formula is C14H9ClF3NOS. The normalized spacial score (nSPS) is 11.2. The lowest BCUT2D eigenvalue weighted by atomic mass is 10.2. The van der Waals surface area contributed by atoms with Crippen LogP contribution < -0.4 is 10.5 Å². The number of nitrogens with two attached hydrogens (primary N) is 1. The van der Waals surface area contributed by atoms with Crippen LogP contribution in [0, 0.1) is 0 Å². The summed E-state index contributed by atoms with van der Waals surface area (Å²) in [6.45, 7) is 0. The van der Waals surface area contributed by atoms with Crippen LogP contribution in [0.2, 0.25) is 5.02 Å². The van der Waals surface area contributed by atoms with E-state index in [0.717, 1.165) is 12.1 Å². The lowest BCUT2D eigenvalue weighted by molar-refractivity contribution is -0.137. The van der Waals surface area contributed by atoms with Gasteiger partial charge in [-0.25, -0.2) is 0 Å². The van der Waals surface area contributed by atoms with E-state index in [-0.39, 0.29) is 15.8 Å². The highest BCUT2D eigenvalue weighted by Crippen LogP contribution is 2.33. The van der Waals surface area contributed by atoms with Crippen LogP contribution in [-0.4, -0.2) is 4.99 Å². The summed E-state index contributed by atoms with van der Waals surface area (Å²) in [4.78, 5) is 0.130. The maximum atomic E-state index is 12.6. The van der Waals surface area contributed by atoms with Crippen molar-refractivity contribution >= 4 is 28.8 Å². The summed E-state index contributed by atoms with van der Waals surface area (Å²) in [5.41, 5.74) is 5.15. The molecule has 0 unspecified atom stereocenters. The van der Waals surface area contributed by atoms with Crippen molar-refractivity contribution < 1.29 is 17.9 Å². The molecule has 2 nitrogen and oxygen atoms in total. The molecule has 0 aliphatic heterocycles. The monoisotopic (exact) mass is 331 g/mol. The van der Waals surface area contributed by atoms with Gasteiger partial charge < -0.3 is 10.5 Å². The Balaban J connectivity index is 2.27. The van der Waals surface area contributed by atoms with Gasteiger partial charge in [0.2, 0.25) is 0 Å². The number of hydrogen-bond acceptors (Lipinski definition) is 2. The third-order valence-electron chi connectivity index (χ3n) is 2.60. The molecular weight excluding hydrogens is 323 g/mol. The van der Waals surface area contributed by atoms with Gasteiger partial charge in [0.15, 0.2) is 0 Å². The van der Waals surface area contributed by atoms with Crippen molar-refractivity contribution in [3.8, 4) is 11.5 Å². The van der Waals surface area contributed by atoms with Crippen molar-refractivity contribution in [2.75, 3.05) is 0 Å². The summed E-state index contributed by atoms with van der Waals surface area (Å²) < 4.78 is 43.2. The zero-order chi connectivity index (χ0) is 15.6. The van der Waals surface area contributed by atoms with Gasteiger partial charge in [-0.1, -0.05) is 29.9 Å². The molecule has 0 saturated heterocycles. The quantitative estimate of drug-likeness (QED) is 0.822. The first-order valence-corrected chi connectivity index (χ1v) is 6.50. The first-order valence-electron chi connectivity index (χ1n) is 5.72. The molecule has 0 spiro atoms. The topological polar surface area (TPSA) is 35.2 Å². The van der Waals surface area contributed by atoms with E-state index in [1.165, 1.54) is 24.3 Å². The fraction of sp³-hybridized carbons (Fsp3) is 0.0714. The van der Waals surface area contributed by atoms with Gasteiger partial charge in [0.25, 0.3) is 0 Å². The number of ether oxygens (including phenoxy) is 1. The van der Waals surface area contributed by atoms with Gasteiger partial charge >= 0.3 is 6.18 Å². The second-order valence-electron chi connectivity index (χ2n) is 4.13. The van der Waals surface area contributed by atoms with E-state index in [4.69, 9.17) is 34.3 Å². The van der Waals surface area contributed by atoms with Crippen LogP contribution in [0.15, 0.2) is 42.5 Å². The SMILES string of the molecule is NC(=S)c1ccc(Oc2cccc(C(F)(F)F)c2)cc1Cl. The number of thiocarbonyl (C=S) groups is 1. The summed E-state index contributed by atoms with van der Waals surface area (Å²) in [6.07, 6.45) is -4.42. The third-order valence-corrected chi connectivity index (χ3v) is 3.14. The molecule has 7 heteroatoms. The molecule has 0 aliphatic carbocycles. The van der Waals surface area contributed by atoms with Crippen molar-refractivity contribution in [3.05, 3.63) is 58.6 Å². The van der Waals surface area contributed by atoms with Gasteiger partial charge in [0.1, 0.15) is 16.5 Å². The largest absolute Gasteiger partial charge is 0.457 e. The first kappa shape index (κ1) is 15.6. The van der Waals surface area contributed by atoms with Crippen molar-refractivity contribution in [2.24, 2.45) is 5.73 Å². The van der Waals surface area contributed by atoms with Gasteiger partial charge in [0.05, 0.1) is 10.6 Å². The van der Waals surface area contributed by atoms with Crippen LogP contribution in [0.5, 0.6) is 11.5 Å². The van der Waals surface area contributed by atoms with Crippen LogP contribution in [0.4, 0.5) is 13.2 Å². The molecule has 0 aliphatic rings. The molecule has 0 fully saturated rings. The fourth-order valence-corrected chi connectivity index (χ4v) is 2.14. The smallest absolute Gasteiger partial charge is 0.416 e. The standard InChI is InChI=1S/C14H9ClF3NOS/c15-12-7-10(4-5-11(12)13(19)21)20-9-3-1-2-8(6-9)14(16,17)18/h1-7H,(H2,19,21). The third kappa shape index (κ3) is 3.86. The van der Waals surface area contributed by atoms with Crippen LogP contribution in [0.1, 0.15) is 11.1 Å². The highest BCUT2D eigenvalue weighted by atomic mass is 35.5. The van der Waals surface area contributed by atoms with Crippen LogP contribution >= 0.6 is 23.8 Å². The molecule has 2 aromatic rings. The van der Waals surface area contributed by atoms with E-state index >= 15 is 0 Å². The molecule has 2 aromatic carbocycles. The Morgan fingerprint density at radius 2 is 1.76 bits per heavy atom. The highest BCUT2D eigenvalue weighted by molar-refractivity contribution is 7.80. The minimum absolute atomic E-state index is 0.0592. The van der Waals surface area contributed by atoms with Crippen molar-refractivity contribution in [1.29, 1.82) is 0 Å². The van der Waals surface area contributed by atoms with Crippen LogP contribution in [0.3, 0.4) is 0 Å². The highest BCUT2D eigenvalue weighted by Gasteiger charge is 2.30. The lowest BCUT2D eigenvalue weighted by Crippen LogP contribution is -2.09. The molecule has 2 N–H and O–H groups in total. The number of rotatable bonds is 3. The summed E-state index contributed by atoms with van der Waals surface area (Å²) in [7, 11) is 0. The van der Waals surface area contributed by atoms with E-state index in [0.29, 0.717) is 11.3 Å². The minimum Gasteiger partial charge on any atom is -0.457 e. The average Bonchev–Trinajstić information content (AvgIpc) is 2.37. The Morgan fingerprint density at radius 1 is 1.10 bits per heavy atom. The van der Waals surface area contributed by atoms with E-state index in [2.05, 4.69) is 0 Å². The Morgan fingerprint density at radius 3 is 2.33 bits per heavy atom. The minimum atomic E-state index is -4.42. The molecule has 110 valence electrons. The molecule has 0 aromatic heterocycles. The summed E-state index contributed by atoms with van der Waals surface area (Å²) in [5, 5.41) is 0.270. The van der Waals surface area contributed by atoms with Crippen LogP contribution in [0.25, 0.3) is 0 Å². The molecule has 0 heterocycles. The molecule has 21 heavy (non-hydrogen) atoms. The average molecular weight is 332 g/mol. The molecule has 0 atom stereocenters. The second kappa shape index (κ2) is 5.91. The Bertz CT molecular complexity index is 688. The molecule has 0 radical (unpaired) electrons. The predicted octanol–water partition coefficient (Wildman–Crippen LogP) is 4.79. The summed E-state index contributed by atoms with van der Waals surface area (Å²) in [6, 6.07) is 9.09. The zero-order valence-corrected chi connectivity index (χ0v) is 12.0. The molecule has 0 bridgehead atoms. The van der Waals surface area contributed by atoms with E-state index in [9.17, 15) is 13.2 Å². The van der Waals surface area contributed by atoms with Gasteiger partial charge in [-0.3, -0.25) is 0 Å². The molecule has 2 rings (SSSR count). The fourth-order valence-electron chi connectivity index (χ4n) is 1.63. The maximum Gasteiger partial charge on any atom is 0.416 e. The number of benzene rings is 2. The maximum absolute atomic E-state index is 12.6. The zero-order valence-electron chi connectivity index (χ0n) is 10.4. The molecule has 0 amide bonds. The van der Waals surface area contributed by atoms with E-state index in [1.54, 1.807) is 6.07 Å². The number of alkyl halides is 3. The predicted molar refractivity (Wildman–Crippen MR) is 78.9 cm³/mol. The van der Waals surface area contributed by atoms with Gasteiger partial charge in [-0.2, -0.15) is 13.2 Å². The van der Waals surface area contributed by atoms with Crippen molar-refractivity contribution in [1.82, 2.24) is 0 Å². The second-order valence-corrected chi connectivity index (χ2v) is 4.98. The molecule has 0 saturated carbocycles. The lowest BCUT2D eigenvalue weighted by Gasteiger charge is -2.11. The number of halogens is 4. The van der Waals surface area contributed by atoms with E-state index < -0.39 is 11.7 Å². The van der Waals surface area contributed by atoms with E-state index in [1.807, 2.05) is 0 Å². The summed E-state index contributed by atoms with van der Waals surface area (Å²) >= 11 is 10.8. The van der Waals surface area contributed by atoms with Crippen LogP contribution in [-0.2, 0) is 6.18 Å². The Labute approximate surface area is 129 Å². The first-order chi connectivity index (χ1) is 9.77. The van der Waals surface area contributed by atoms with Crippen molar-refractivity contribution in [3.63, 3.8) is 0 Å². The Kier molecular flexibility index (Phi) is 4.39. The number of hydrogen-bond donors (Lipinski definition) is 1. The van der Waals surface area contributed by atoms with Crippen molar-refractivity contribution in [2.45, 2.75) is 6.18 Å². The summed E-state index contributed by atoms with van der Waals surface area (Å²) in [5.74, 6) is 0.350. The van der Waals surface area contributed by atoms with Gasteiger partial charge in [-0.15, -0.1) is 0 Å². The van der Waals surface area contributed by atoms with Gasteiger partial charge in [-0.05, 0) is 30.3 Å². The van der Waals surface area contributed by atoms with Gasteiger partial charge in [0, 0.05) is 11.6 Å². The Hall–Kier alpha value is -1.79.